The summed E-state index contributed by atoms with van der Waals surface area (Å²) in [4.78, 5) is 16.2. The van der Waals surface area contributed by atoms with Crippen molar-refractivity contribution in [1.29, 1.82) is 0 Å². The Bertz CT molecular complexity index is 828. The number of benzene rings is 2. The lowest BCUT2D eigenvalue weighted by molar-refractivity contribution is 0.0949. The molecule has 0 fully saturated rings. The maximum atomic E-state index is 12.9. The maximum Gasteiger partial charge on any atom is 0.257 e. The highest BCUT2D eigenvalue weighted by molar-refractivity contribution is 5.94. The van der Waals surface area contributed by atoms with E-state index in [-0.39, 0.29) is 24.2 Å². The van der Waals surface area contributed by atoms with Crippen molar-refractivity contribution in [2.75, 3.05) is 0 Å². The van der Waals surface area contributed by atoms with E-state index in [0.29, 0.717) is 17.0 Å². The van der Waals surface area contributed by atoms with Gasteiger partial charge in [0.2, 0.25) is 0 Å². The lowest BCUT2D eigenvalue weighted by atomic mass is 10.1. The molecule has 1 heterocycles. The Labute approximate surface area is 132 Å². The Balaban J connectivity index is 1.65. The van der Waals surface area contributed by atoms with Gasteiger partial charge in [0.1, 0.15) is 5.82 Å². The third-order valence-electron chi connectivity index (χ3n) is 3.25. The van der Waals surface area contributed by atoms with E-state index in [1.807, 2.05) is 19.1 Å². The van der Waals surface area contributed by atoms with Crippen molar-refractivity contribution >= 4 is 5.91 Å². The summed E-state index contributed by atoms with van der Waals surface area (Å²) in [7, 11) is 0. The average Bonchev–Trinajstić information content (AvgIpc) is 3.02. The van der Waals surface area contributed by atoms with Crippen LogP contribution < -0.4 is 5.32 Å². The number of amides is 1. The van der Waals surface area contributed by atoms with Gasteiger partial charge in [-0.15, -0.1) is 0 Å². The molecule has 1 aromatic heterocycles. The lowest BCUT2D eigenvalue weighted by Gasteiger charge is -2.03. The van der Waals surface area contributed by atoms with Crippen LogP contribution >= 0.6 is 0 Å². The second kappa shape index (κ2) is 6.39. The number of carbonyl (C=O) groups excluding carboxylic acids is 1. The third-order valence-corrected chi connectivity index (χ3v) is 3.25. The molecule has 0 saturated heterocycles. The van der Waals surface area contributed by atoms with Crippen molar-refractivity contribution in [3.05, 3.63) is 71.3 Å². The average molecular weight is 311 g/mol. The fourth-order valence-electron chi connectivity index (χ4n) is 2.08. The Morgan fingerprint density at radius 3 is 2.74 bits per heavy atom. The number of nitrogens with zero attached hydrogens (tertiary/aromatic N) is 2. The zero-order chi connectivity index (χ0) is 16.2. The first kappa shape index (κ1) is 14.9. The number of hydrogen-bond donors (Lipinski definition) is 1. The number of nitrogens with one attached hydrogen (secondary N) is 1. The molecule has 0 unspecified atom stereocenters. The van der Waals surface area contributed by atoms with Gasteiger partial charge in [-0.2, -0.15) is 4.98 Å². The zero-order valence-corrected chi connectivity index (χ0v) is 12.4. The smallest absolute Gasteiger partial charge is 0.257 e. The van der Waals surface area contributed by atoms with Crippen LogP contribution in [0.4, 0.5) is 4.39 Å². The van der Waals surface area contributed by atoms with E-state index in [1.54, 1.807) is 24.3 Å². The summed E-state index contributed by atoms with van der Waals surface area (Å²) >= 11 is 0. The van der Waals surface area contributed by atoms with Gasteiger partial charge in [0.05, 0.1) is 6.54 Å². The summed E-state index contributed by atoms with van der Waals surface area (Å²) in [5.74, 6) is 0.0934. The highest BCUT2D eigenvalue weighted by Gasteiger charge is 2.11. The Morgan fingerprint density at radius 2 is 2.00 bits per heavy atom. The Kier molecular flexibility index (Phi) is 4.14. The van der Waals surface area contributed by atoms with E-state index in [0.717, 1.165) is 5.56 Å². The molecule has 0 saturated carbocycles. The summed E-state index contributed by atoms with van der Waals surface area (Å²) in [5.41, 5.74) is 2.21. The summed E-state index contributed by atoms with van der Waals surface area (Å²) in [6.45, 7) is 2.07. The normalized spacial score (nSPS) is 10.5. The van der Waals surface area contributed by atoms with Crippen LogP contribution in [0, 0.1) is 12.7 Å². The minimum Gasteiger partial charge on any atom is -0.345 e. The minimum absolute atomic E-state index is 0.150. The summed E-state index contributed by atoms with van der Waals surface area (Å²) in [5, 5.41) is 6.54. The van der Waals surface area contributed by atoms with Crippen molar-refractivity contribution in [3.63, 3.8) is 0 Å². The lowest BCUT2D eigenvalue weighted by Crippen LogP contribution is -2.23. The van der Waals surface area contributed by atoms with Crippen LogP contribution in [-0.2, 0) is 6.54 Å². The van der Waals surface area contributed by atoms with E-state index in [4.69, 9.17) is 4.52 Å². The number of halogens is 1. The van der Waals surface area contributed by atoms with E-state index in [9.17, 15) is 9.18 Å². The summed E-state index contributed by atoms with van der Waals surface area (Å²) < 4.78 is 18.0. The van der Waals surface area contributed by atoms with Crippen LogP contribution in [-0.4, -0.2) is 16.0 Å². The predicted octanol–water partition coefficient (Wildman–Crippen LogP) is 3.11. The highest BCUT2D eigenvalue weighted by atomic mass is 19.1. The maximum absolute atomic E-state index is 12.9. The largest absolute Gasteiger partial charge is 0.345 e. The van der Waals surface area contributed by atoms with E-state index in [2.05, 4.69) is 15.5 Å². The minimum atomic E-state index is -0.334. The molecule has 0 aliphatic heterocycles. The van der Waals surface area contributed by atoms with Gasteiger partial charge in [-0.05, 0) is 43.3 Å². The molecular weight excluding hydrogens is 297 g/mol. The molecule has 3 aromatic rings. The predicted molar refractivity (Wildman–Crippen MR) is 82.0 cm³/mol. The van der Waals surface area contributed by atoms with Gasteiger partial charge >= 0.3 is 0 Å². The summed E-state index contributed by atoms with van der Waals surface area (Å²) in [6, 6.07) is 13.0. The van der Waals surface area contributed by atoms with Crippen molar-refractivity contribution < 1.29 is 13.7 Å². The molecule has 0 radical (unpaired) electrons. The molecule has 2 aromatic carbocycles. The van der Waals surface area contributed by atoms with Crippen molar-refractivity contribution in [1.82, 2.24) is 15.5 Å². The van der Waals surface area contributed by atoms with E-state index < -0.39 is 0 Å². The quantitative estimate of drug-likeness (QED) is 0.804. The van der Waals surface area contributed by atoms with Crippen molar-refractivity contribution in [2.45, 2.75) is 13.5 Å². The summed E-state index contributed by atoms with van der Waals surface area (Å²) in [6.07, 6.45) is 0. The number of rotatable bonds is 4. The van der Waals surface area contributed by atoms with Crippen LogP contribution in [0.2, 0.25) is 0 Å². The van der Waals surface area contributed by atoms with Gasteiger partial charge in [-0.3, -0.25) is 4.79 Å². The standard InChI is InChI=1S/C17H14FN3O2/c1-11-3-2-4-13(9-11)16(22)19-10-15-20-17(23-21-15)12-5-7-14(18)8-6-12/h2-9H,10H2,1H3,(H,19,22). The molecule has 1 amide bonds. The van der Waals surface area contributed by atoms with Gasteiger partial charge in [0, 0.05) is 11.1 Å². The van der Waals surface area contributed by atoms with Crippen molar-refractivity contribution in [2.24, 2.45) is 0 Å². The Hall–Kier alpha value is -3.02. The number of carbonyl (C=O) groups is 1. The molecule has 1 N–H and O–H groups in total. The topological polar surface area (TPSA) is 68.0 Å². The number of aryl methyl sites for hydroxylation is 1. The number of hydrogen-bond acceptors (Lipinski definition) is 4. The van der Waals surface area contributed by atoms with Crippen molar-refractivity contribution in [3.8, 4) is 11.5 Å². The Morgan fingerprint density at radius 1 is 1.22 bits per heavy atom. The van der Waals surface area contributed by atoms with Gasteiger partial charge in [-0.25, -0.2) is 4.39 Å². The molecule has 6 heteroatoms. The van der Waals surface area contributed by atoms with Gasteiger partial charge in [0.25, 0.3) is 11.8 Å². The first-order chi connectivity index (χ1) is 11.1. The van der Waals surface area contributed by atoms with E-state index >= 15 is 0 Å². The molecule has 0 aliphatic rings. The second-order valence-electron chi connectivity index (χ2n) is 5.07. The molecule has 5 nitrogen and oxygen atoms in total. The highest BCUT2D eigenvalue weighted by Crippen LogP contribution is 2.17. The van der Waals surface area contributed by atoms with Gasteiger partial charge in [0.15, 0.2) is 5.82 Å². The SMILES string of the molecule is Cc1cccc(C(=O)NCc2noc(-c3ccc(F)cc3)n2)c1. The number of aromatic nitrogens is 2. The molecule has 0 bridgehead atoms. The van der Waals surface area contributed by atoms with Gasteiger partial charge < -0.3 is 9.84 Å². The van der Waals surface area contributed by atoms with E-state index in [1.165, 1.54) is 12.1 Å². The molecule has 3 rings (SSSR count). The first-order valence-corrected chi connectivity index (χ1v) is 7.05. The second-order valence-corrected chi connectivity index (χ2v) is 5.07. The van der Waals surface area contributed by atoms with Crippen LogP contribution in [0.15, 0.2) is 53.1 Å². The molecule has 0 aliphatic carbocycles. The molecule has 23 heavy (non-hydrogen) atoms. The third kappa shape index (κ3) is 3.60. The molecule has 0 spiro atoms. The van der Waals surface area contributed by atoms with Crippen LogP contribution in [0.25, 0.3) is 11.5 Å². The van der Waals surface area contributed by atoms with Crippen LogP contribution in [0.1, 0.15) is 21.7 Å². The fourth-order valence-corrected chi connectivity index (χ4v) is 2.08. The first-order valence-electron chi connectivity index (χ1n) is 7.05. The fraction of sp³-hybridized carbons (Fsp3) is 0.118. The van der Waals surface area contributed by atoms with Crippen LogP contribution in [0.3, 0.4) is 0 Å². The molecule has 116 valence electrons. The molecular formula is C17H14FN3O2. The van der Waals surface area contributed by atoms with Gasteiger partial charge in [-0.1, -0.05) is 22.9 Å². The zero-order valence-electron chi connectivity index (χ0n) is 12.4. The van der Waals surface area contributed by atoms with Crippen LogP contribution in [0.5, 0.6) is 0 Å². The monoisotopic (exact) mass is 311 g/mol. The molecule has 0 atom stereocenters.